The SMILES string of the molecule is CCCCCCNC(=O)c1cc(N)cc(F)c1. The Morgan fingerprint density at radius 2 is 2.06 bits per heavy atom. The lowest BCUT2D eigenvalue weighted by molar-refractivity contribution is 0.0952. The number of rotatable bonds is 6. The fraction of sp³-hybridized carbons (Fsp3) is 0.462. The summed E-state index contributed by atoms with van der Waals surface area (Å²) in [6.07, 6.45) is 4.38. The normalized spacial score (nSPS) is 10.2. The molecule has 4 heteroatoms. The van der Waals surface area contributed by atoms with Gasteiger partial charge in [0, 0.05) is 17.8 Å². The van der Waals surface area contributed by atoms with Crippen molar-refractivity contribution >= 4 is 11.6 Å². The molecule has 0 radical (unpaired) electrons. The Morgan fingerprint density at radius 1 is 1.29 bits per heavy atom. The molecule has 0 aliphatic rings. The van der Waals surface area contributed by atoms with E-state index in [-0.39, 0.29) is 17.2 Å². The maximum Gasteiger partial charge on any atom is 0.251 e. The van der Waals surface area contributed by atoms with E-state index in [0.29, 0.717) is 6.54 Å². The van der Waals surface area contributed by atoms with Gasteiger partial charge in [-0.05, 0) is 24.6 Å². The molecule has 1 amide bonds. The third kappa shape index (κ3) is 4.85. The summed E-state index contributed by atoms with van der Waals surface area (Å²) in [5, 5.41) is 2.75. The van der Waals surface area contributed by atoms with Crippen LogP contribution in [0.2, 0.25) is 0 Å². The van der Waals surface area contributed by atoms with E-state index in [4.69, 9.17) is 5.73 Å². The molecule has 1 rings (SSSR count). The molecule has 3 nitrogen and oxygen atoms in total. The molecule has 0 heterocycles. The van der Waals surface area contributed by atoms with Gasteiger partial charge in [-0.1, -0.05) is 26.2 Å². The average molecular weight is 238 g/mol. The molecule has 0 atom stereocenters. The number of hydrogen-bond donors (Lipinski definition) is 2. The Kier molecular flexibility index (Phi) is 5.46. The number of nitrogen functional groups attached to an aromatic ring is 1. The van der Waals surface area contributed by atoms with Crippen LogP contribution < -0.4 is 11.1 Å². The predicted molar refractivity (Wildman–Crippen MR) is 67.3 cm³/mol. The number of halogens is 1. The standard InChI is InChI=1S/C13H19FN2O/c1-2-3-4-5-6-16-13(17)10-7-11(14)9-12(15)8-10/h7-9H,2-6,15H2,1H3,(H,16,17). The number of anilines is 1. The lowest BCUT2D eigenvalue weighted by atomic mass is 10.1. The molecule has 0 spiro atoms. The molecule has 0 aliphatic carbocycles. The zero-order valence-corrected chi connectivity index (χ0v) is 10.1. The van der Waals surface area contributed by atoms with Crippen molar-refractivity contribution in [3.63, 3.8) is 0 Å². The molecule has 0 aromatic heterocycles. The van der Waals surface area contributed by atoms with Crippen molar-refractivity contribution in [1.29, 1.82) is 0 Å². The quantitative estimate of drug-likeness (QED) is 0.591. The van der Waals surface area contributed by atoms with Crippen LogP contribution in [0.4, 0.5) is 10.1 Å². The summed E-state index contributed by atoms with van der Waals surface area (Å²) in [4.78, 5) is 11.6. The summed E-state index contributed by atoms with van der Waals surface area (Å²) in [5.41, 5.74) is 6.01. The summed E-state index contributed by atoms with van der Waals surface area (Å²) >= 11 is 0. The van der Waals surface area contributed by atoms with E-state index in [0.717, 1.165) is 19.3 Å². The minimum Gasteiger partial charge on any atom is -0.399 e. The molecular weight excluding hydrogens is 219 g/mol. The first-order valence-corrected chi connectivity index (χ1v) is 5.97. The number of unbranched alkanes of at least 4 members (excludes halogenated alkanes) is 3. The Balaban J connectivity index is 2.41. The molecule has 17 heavy (non-hydrogen) atoms. The average Bonchev–Trinajstić information content (AvgIpc) is 2.27. The summed E-state index contributed by atoms with van der Waals surface area (Å²) in [6, 6.07) is 3.86. The minimum atomic E-state index is -0.485. The van der Waals surface area contributed by atoms with E-state index < -0.39 is 5.82 Å². The number of hydrogen-bond acceptors (Lipinski definition) is 2. The van der Waals surface area contributed by atoms with Gasteiger partial charge in [0.15, 0.2) is 0 Å². The van der Waals surface area contributed by atoms with Gasteiger partial charge < -0.3 is 11.1 Å². The topological polar surface area (TPSA) is 55.1 Å². The molecule has 1 aromatic rings. The second-order valence-electron chi connectivity index (χ2n) is 4.09. The molecule has 0 fully saturated rings. The van der Waals surface area contributed by atoms with Crippen LogP contribution in [0, 0.1) is 5.82 Å². The lowest BCUT2D eigenvalue weighted by Gasteiger charge is -2.06. The first-order chi connectivity index (χ1) is 8.13. The number of benzene rings is 1. The van der Waals surface area contributed by atoms with Gasteiger partial charge in [-0.2, -0.15) is 0 Å². The first-order valence-electron chi connectivity index (χ1n) is 5.97. The molecule has 0 bridgehead atoms. The van der Waals surface area contributed by atoms with Crippen molar-refractivity contribution in [3.8, 4) is 0 Å². The summed E-state index contributed by atoms with van der Waals surface area (Å²) < 4.78 is 13.0. The van der Waals surface area contributed by atoms with E-state index in [9.17, 15) is 9.18 Å². The van der Waals surface area contributed by atoms with Gasteiger partial charge >= 0.3 is 0 Å². The fourth-order valence-electron chi connectivity index (χ4n) is 1.60. The van der Waals surface area contributed by atoms with Gasteiger partial charge in [0.1, 0.15) is 5.82 Å². The highest BCUT2D eigenvalue weighted by molar-refractivity contribution is 5.95. The molecule has 0 saturated heterocycles. The number of carbonyl (C=O) groups excluding carboxylic acids is 1. The Bertz CT molecular complexity index is 359. The number of nitrogens with two attached hydrogens (primary N) is 1. The van der Waals surface area contributed by atoms with E-state index >= 15 is 0 Å². The third-order valence-electron chi connectivity index (χ3n) is 2.50. The zero-order chi connectivity index (χ0) is 12.7. The van der Waals surface area contributed by atoms with Crippen LogP contribution in [-0.2, 0) is 0 Å². The monoisotopic (exact) mass is 238 g/mol. The van der Waals surface area contributed by atoms with Crippen LogP contribution in [0.5, 0.6) is 0 Å². The third-order valence-corrected chi connectivity index (χ3v) is 2.50. The van der Waals surface area contributed by atoms with E-state index in [1.807, 2.05) is 0 Å². The van der Waals surface area contributed by atoms with Crippen LogP contribution in [0.25, 0.3) is 0 Å². The van der Waals surface area contributed by atoms with Gasteiger partial charge in [0.05, 0.1) is 0 Å². The van der Waals surface area contributed by atoms with Crippen molar-refractivity contribution in [2.75, 3.05) is 12.3 Å². The second-order valence-corrected chi connectivity index (χ2v) is 4.09. The van der Waals surface area contributed by atoms with Crippen LogP contribution in [0.3, 0.4) is 0 Å². The number of nitrogens with one attached hydrogen (secondary N) is 1. The maximum atomic E-state index is 13.0. The van der Waals surface area contributed by atoms with Crippen molar-refractivity contribution < 1.29 is 9.18 Å². The molecule has 94 valence electrons. The van der Waals surface area contributed by atoms with Gasteiger partial charge in [0.25, 0.3) is 5.91 Å². The van der Waals surface area contributed by atoms with Crippen molar-refractivity contribution in [1.82, 2.24) is 5.32 Å². The van der Waals surface area contributed by atoms with E-state index in [2.05, 4.69) is 12.2 Å². The Labute approximate surface area is 101 Å². The summed E-state index contributed by atoms with van der Waals surface area (Å²) in [5.74, 6) is -0.756. The van der Waals surface area contributed by atoms with Crippen molar-refractivity contribution in [2.45, 2.75) is 32.6 Å². The van der Waals surface area contributed by atoms with E-state index in [1.165, 1.54) is 24.6 Å². The van der Waals surface area contributed by atoms with Gasteiger partial charge in [-0.15, -0.1) is 0 Å². The van der Waals surface area contributed by atoms with Crippen LogP contribution in [0.15, 0.2) is 18.2 Å². The smallest absolute Gasteiger partial charge is 0.251 e. The highest BCUT2D eigenvalue weighted by Gasteiger charge is 2.07. The predicted octanol–water partition coefficient (Wildman–Crippen LogP) is 2.72. The van der Waals surface area contributed by atoms with Crippen LogP contribution in [0.1, 0.15) is 43.0 Å². The second kappa shape index (κ2) is 6.89. The van der Waals surface area contributed by atoms with Gasteiger partial charge in [-0.3, -0.25) is 4.79 Å². The minimum absolute atomic E-state index is 0.265. The summed E-state index contributed by atoms with van der Waals surface area (Å²) in [7, 11) is 0. The molecule has 1 aromatic carbocycles. The molecular formula is C13H19FN2O. The highest BCUT2D eigenvalue weighted by Crippen LogP contribution is 2.10. The van der Waals surface area contributed by atoms with Gasteiger partial charge in [-0.25, -0.2) is 4.39 Å². The maximum absolute atomic E-state index is 13.0. The molecule has 0 aliphatic heterocycles. The van der Waals surface area contributed by atoms with Crippen molar-refractivity contribution in [2.24, 2.45) is 0 Å². The lowest BCUT2D eigenvalue weighted by Crippen LogP contribution is -2.24. The fourth-order valence-corrected chi connectivity index (χ4v) is 1.60. The Morgan fingerprint density at radius 3 is 2.71 bits per heavy atom. The molecule has 0 unspecified atom stereocenters. The number of carbonyl (C=O) groups is 1. The Hall–Kier alpha value is -1.58. The largest absolute Gasteiger partial charge is 0.399 e. The van der Waals surface area contributed by atoms with E-state index in [1.54, 1.807) is 0 Å². The van der Waals surface area contributed by atoms with Gasteiger partial charge in [0.2, 0.25) is 0 Å². The number of amides is 1. The first kappa shape index (κ1) is 13.5. The summed E-state index contributed by atoms with van der Waals surface area (Å²) in [6.45, 7) is 2.75. The van der Waals surface area contributed by atoms with Crippen LogP contribution in [-0.4, -0.2) is 12.5 Å². The highest BCUT2D eigenvalue weighted by atomic mass is 19.1. The zero-order valence-electron chi connectivity index (χ0n) is 10.1. The van der Waals surface area contributed by atoms with Crippen LogP contribution >= 0.6 is 0 Å². The molecule has 0 saturated carbocycles. The van der Waals surface area contributed by atoms with Crippen molar-refractivity contribution in [3.05, 3.63) is 29.6 Å². The molecule has 3 N–H and O–H groups in total.